The summed E-state index contributed by atoms with van der Waals surface area (Å²) in [7, 11) is 0. The predicted octanol–water partition coefficient (Wildman–Crippen LogP) is 3.24. The van der Waals surface area contributed by atoms with Gasteiger partial charge in [-0.2, -0.15) is 0 Å². The van der Waals surface area contributed by atoms with Crippen molar-refractivity contribution in [3.8, 4) is 0 Å². The summed E-state index contributed by atoms with van der Waals surface area (Å²) in [6.07, 6.45) is 4.39. The van der Waals surface area contributed by atoms with Crippen molar-refractivity contribution in [3.05, 3.63) is 53.7 Å². The number of aromatic nitrogens is 1. The van der Waals surface area contributed by atoms with Crippen LogP contribution in [0.3, 0.4) is 0 Å². The molecule has 144 valence electrons. The minimum atomic E-state index is -0.304. The molecule has 6 heteroatoms. The van der Waals surface area contributed by atoms with Gasteiger partial charge in [-0.25, -0.2) is 0 Å². The van der Waals surface area contributed by atoms with E-state index in [4.69, 9.17) is 4.42 Å². The number of hydrogen-bond acceptors (Lipinski definition) is 4. The Balaban J connectivity index is 1.82. The Labute approximate surface area is 160 Å². The average Bonchev–Trinajstić information content (AvgIpc) is 3.07. The van der Waals surface area contributed by atoms with Crippen LogP contribution in [0.1, 0.15) is 49.8 Å². The van der Waals surface area contributed by atoms with E-state index in [0.29, 0.717) is 31.8 Å². The zero-order valence-corrected chi connectivity index (χ0v) is 16.1. The maximum atomic E-state index is 13.0. The third kappa shape index (κ3) is 4.56. The molecule has 2 aromatic rings. The van der Waals surface area contributed by atoms with E-state index >= 15 is 0 Å². The van der Waals surface area contributed by atoms with Crippen LogP contribution in [0.25, 0.3) is 0 Å². The Hall–Kier alpha value is -2.63. The number of rotatable bonds is 6. The van der Waals surface area contributed by atoms with Crippen molar-refractivity contribution >= 4 is 11.8 Å². The summed E-state index contributed by atoms with van der Waals surface area (Å²) in [5, 5.41) is 2.98. The van der Waals surface area contributed by atoms with E-state index in [1.807, 2.05) is 36.1 Å². The van der Waals surface area contributed by atoms with Crippen LogP contribution in [0.2, 0.25) is 0 Å². The Morgan fingerprint density at radius 1 is 1.37 bits per heavy atom. The van der Waals surface area contributed by atoms with Crippen LogP contribution in [0.5, 0.6) is 0 Å². The van der Waals surface area contributed by atoms with Gasteiger partial charge in [0.15, 0.2) is 0 Å². The van der Waals surface area contributed by atoms with E-state index in [0.717, 1.165) is 17.1 Å². The van der Waals surface area contributed by atoms with Crippen LogP contribution in [-0.2, 0) is 16.1 Å². The number of hydrogen-bond donors (Lipinski definition) is 1. The van der Waals surface area contributed by atoms with E-state index in [-0.39, 0.29) is 23.8 Å². The summed E-state index contributed by atoms with van der Waals surface area (Å²) >= 11 is 0. The fourth-order valence-electron chi connectivity index (χ4n) is 3.68. The maximum absolute atomic E-state index is 13.0. The lowest BCUT2D eigenvalue weighted by atomic mass is 9.83. The molecule has 27 heavy (non-hydrogen) atoms. The second-order valence-electron chi connectivity index (χ2n) is 7.55. The molecule has 0 saturated carbocycles. The highest BCUT2D eigenvalue weighted by Gasteiger charge is 2.40. The number of carbonyl (C=O) groups excluding carboxylic acids is 2. The van der Waals surface area contributed by atoms with Gasteiger partial charge < -0.3 is 14.6 Å². The zero-order valence-electron chi connectivity index (χ0n) is 16.1. The van der Waals surface area contributed by atoms with Crippen LogP contribution in [-0.4, -0.2) is 28.2 Å². The highest BCUT2D eigenvalue weighted by molar-refractivity contribution is 5.85. The summed E-state index contributed by atoms with van der Waals surface area (Å²) in [5.41, 5.74) is 0.903. The number of amides is 2. The first kappa shape index (κ1) is 19.1. The van der Waals surface area contributed by atoms with Gasteiger partial charge in [-0.05, 0) is 43.0 Å². The van der Waals surface area contributed by atoms with E-state index < -0.39 is 0 Å². The fraction of sp³-hybridized carbons (Fsp3) is 0.476. The molecule has 0 bridgehead atoms. The number of piperidine rings is 1. The number of carbonyl (C=O) groups is 2. The van der Waals surface area contributed by atoms with Gasteiger partial charge in [-0.3, -0.25) is 14.6 Å². The van der Waals surface area contributed by atoms with Crippen molar-refractivity contribution in [3.63, 3.8) is 0 Å². The van der Waals surface area contributed by atoms with Crippen molar-refractivity contribution < 1.29 is 14.0 Å². The molecule has 3 rings (SSSR count). The van der Waals surface area contributed by atoms with Crippen LogP contribution < -0.4 is 5.32 Å². The molecule has 1 aliphatic rings. The van der Waals surface area contributed by atoms with Crippen molar-refractivity contribution in [1.82, 2.24) is 15.2 Å². The first-order valence-corrected chi connectivity index (χ1v) is 9.48. The maximum Gasteiger partial charge on any atom is 0.225 e. The average molecular weight is 369 g/mol. The van der Waals surface area contributed by atoms with E-state index in [9.17, 15) is 9.59 Å². The lowest BCUT2D eigenvalue weighted by Crippen LogP contribution is -2.49. The molecule has 6 nitrogen and oxygen atoms in total. The predicted molar refractivity (Wildman–Crippen MR) is 102 cm³/mol. The zero-order chi connectivity index (χ0) is 19.4. The summed E-state index contributed by atoms with van der Waals surface area (Å²) in [6, 6.07) is 7.25. The first-order chi connectivity index (χ1) is 13.0. The highest BCUT2D eigenvalue weighted by Crippen LogP contribution is 2.37. The fourth-order valence-corrected chi connectivity index (χ4v) is 3.68. The van der Waals surface area contributed by atoms with E-state index in [2.05, 4.69) is 24.1 Å². The van der Waals surface area contributed by atoms with E-state index in [1.54, 1.807) is 12.4 Å². The number of nitrogens with one attached hydrogen (secondary N) is 1. The molecule has 0 spiro atoms. The summed E-state index contributed by atoms with van der Waals surface area (Å²) < 4.78 is 5.53. The molecular weight excluding hydrogens is 342 g/mol. The molecule has 1 N–H and O–H groups in total. The molecule has 2 aromatic heterocycles. The Kier molecular flexibility index (Phi) is 5.94. The minimum Gasteiger partial charge on any atom is -0.465 e. The quantitative estimate of drug-likeness (QED) is 0.848. The normalized spacial score (nSPS) is 20.1. The van der Waals surface area contributed by atoms with Gasteiger partial charge in [0.2, 0.25) is 11.8 Å². The first-order valence-electron chi connectivity index (χ1n) is 9.48. The molecule has 1 saturated heterocycles. The topological polar surface area (TPSA) is 75.4 Å². The van der Waals surface area contributed by atoms with Crippen LogP contribution in [0, 0.1) is 18.8 Å². The van der Waals surface area contributed by atoms with Gasteiger partial charge in [0, 0.05) is 25.4 Å². The van der Waals surface area contributed by atoms with Crippen molar-refractivity contribution in [2.45, 2.75) is 46.2 Å². The largest absolute Gasteiger partial charge is 0.465 e. The number of nitrogens with zero attached hydrogens (tertiary/aromatic N) is 2. The van der Waals surface area contributed by atoms with Gasteiger partial charge in [-0.15, -0.1) is 0 Å². The molecule has 2 amide bonds. The number of pyridine rings is 1. The second kappa shape index (κ2) is 8.37. The molecular formula is C21H27N3O3. The summed E-state index contributed by atoms with van der Waals surface area (Å²) in [6.45, 7) is 7.01. The number of furan rings is 1. The number of aryl methyl sites for hydroxylation is 1. The second-order valence-corrected chi connectivity index (χ2v) is 7.55. The summed E-state index contributed by atoms with van der Waals surface area (Å²) in [4.78, 5) is 31.7. The van der Waals surface area contributed by atoms with Crippen molar-refractivity contribution in [2.75, 3.05) is 6.54 Å². The minimum absolute atomic E-state index is 0.0563. The third-order valence-electron chi connectivity index (χ3n) is 4.86. The Morgan fingerprint density at radius 3 is 2.81 bits per heavy atom. The standard InChI is InChI=1S/C21H27N3O3/c1-14(2)13-24-19(25)9-8-18(20(24)16-5-4-10-22-11-16)21(26)23-12-17-7-6-15(3)27-17/h4-7,10-11,14,18,20H,8-9,12-13H2,1-3H3,(H,23,26). The van der Waals surface area contributed by atoms with Crippen LogP contribution >= 0.6 is 0 Å². The summed E-state index contributed by atoms with van der Waals surface area (Å²) in [5.74, 6) is 1.61. The molecule has 3 heterocycles. The van der Waals surface area contributed by atoms with Crippen LogP contribution in [0.4, 0.5) is 0 Å². The van der Waals surface area contributed by atoms with Gasteiger partial charge >= 0.3 is 0 Å². The molecule has 2 atom stereocenters. The smallest absolute Gasteiger partial charge is 0.225 e. The molecule has 0 aliphatic carbocycles. The van der Waals surface area contributed by atoms with E-state index in [1.165, 1.54) is 0 Å². The van der Waals surface area contributed by atoms with Crippen molar-refractivity contribution in [1.29, 1.82) is 0 Å². The highest BCUT2D eigenvalue weighted by atomic mass is 16.3. The lowest BCUT2D eigenvalue weighted by molar-refractivity contribution is -0.144. The molecule has 0 radical (unpaired) electrons. The molecule has 1 aliphatic heterocycles. The Bertz CT molecular complexity index is 785. The molecule has 0 aromatic carbocycles. The molecule has 1 fully saturated rings. The van der Waals surface area contributed by atoms with Crippen LogP contribution in [0.15, 0.2) is 41.1 Å². The Morgan fingerprint density at radius 2 is 2.19 bits per heavy atom. The monoisotopic (exact) mass is 369 g/mol. The van der Waals surface area contributed by atoms with Gasteiger partial charge in [0.1, 0.15) is 11.5 Å². The third-order valence-corrected chi connectivity index (χ3v) is 4.86. The number of likely N-dealkylation sites (tertiary alicyclic amines) is 1. The SMILES string of the molecule is Cc1ccc(CNC(=O)C2CCC(=O)N(CC(C)C)C2c2cccnc2)o1. The molecule has 2 unspecified atom stereocenters. The van der Waals surface area contributed by atoms with Gasteiger partial charge in [-0.1, -0.05) is 19.9 Å². The van der Waals surface area contributed by atoms with Gasteiger partial charge in [0.05, 0.1) is 18.5 Å². The lowest BCUT2D eigenvalue weighted by Gasteiger charge is -2.41. The van der Waals surface area contributed by atoms with Gasteiger partial charge in [0.25, 0.3) is 0 Å². The van der Waals surface area contributed by atoms with Crippen molar-refractivity contribution in [2.24, 2.45) is 11.8 Å².